The molecule has 2 aromatic carbocycles. The lowest BCUT2D eigenvalue weighted by Gasteiger charge is -2.07. The second kappa shape index (κ2) is 8.95. The number of carbonyl (C=O) groups is 1. The number of nitrogens with one attached hydrogen (secondary N) is 1. The van der Waals surface area contributed by atoms with Crippen molar-refractivity contribution in [2.24, 2.45) is 0 Å². The molecule has 0 radical (unpaired) electrons. The molecule has 10 heteroatoms. The van der Waals surface area contributed by atoms with Gasteiger partial charge < -0.3 is 19.3 Å². The maximum absolute atomic E-state index is 12.3. The highest BCUT2D eigenvalue weighted by Crippen LogP contribution is 2.22. The highest BCUT2D eigenvalue weighted by molar-refractivity contribution is 5.86. The van der Waals surface area contributed by atoms with Gasteiger partial charge in [0.05, 0.1) is 20.1 Å². The molecule has 0 bridgehead atoms. The Morgan fingerprint density at radius 3 is 2.76 bits per heavy atom. The van der Waals surface area contributed by atoms with Crippen LogP contribution in [0.15, 0.2) is 65.2 Å². The molecule has 5 rings (SSSR count). The summed E-state index contributed by atoms with van der Waals surface area (Å²) < 4.78 is 17.8. The van der Waals surface area contributed by atoms with E-state index >= 15 is 0 Å². The average Bonchev–Trinajstić information content (AvgIpc) is 3.46. The number of benzene rings is 2. The highest BCUT2D eigenvalue weighted by Gasteiger charge is 2.13. The van der Waals surface area contributed by atoms with E-state index in [0.29, 0.717) is 35.2 Å². The molecule has 0 saturated carbocycles. The van der Waals surface area contributed by atoms with Crippen LogP contribution in [0.1, 0.15) is 5.69 Å². The van der Waals surface area contributed by atoms with E-state index in [4.69, 9.17) is 14.0 Å². The van der Waals surface area contributed by atoms with Crippen LogP contribution in [0.3, 0.4) is 0 Å². The summed E-state index contributed by atoms with van der Waals surface area (Å²) in [5, 5.41) is 20.5. The number of aromatic nitrogens is 5. The van der Waals surface area contributed by atoms with Crippen molar-refractivity contribution in [3.63, 3.8) is 0 Å². The van der Waals surface area contributed by atoms with Gasteiger partial charge in [0.1, 0.15) is 18.1 Å². The third kappa shape index (κ3) is 4.31. The second-order valence-electron chi connectivity index (χ2n) is 7.19. The largest absolute Gasteiger partial charge is 0.497 e. The number of hydrogen-bond donors (Lipinski definition) is 1. The lowest BCUT2D eigenvalue weighted by molar-refractivity contribution is -0.120. The Morgan fingerprint density at radius 2 is 1.91 bits per heavy atom. The topological polar surface area (TPSA) is 117 Å². The van der Waals surface area contributed by atoms with Gasteiger partial charge in [-0.1, -0.05) is 17.3 Å². The third-order valence-electron chi connectivity index (χ3n) is 5.04. The fourth-order valence-electron chi connectivity index (χ4n) is 3.40. The van der Waals surface area contributed by atoms with Gasteiger partial charge in [0, 0.05) is 17.0 Å². The van der Waals surface area contributed by atoms with E-state index in [1.165, 1.54) is 0 Å². The maximum atomic E-state index is 12.3. The zero-order chi connectivity index (χ0) is 22.6. The van der Waals surface area contributed by atoms with E-state index in [0.717, 1.165) is 16.7 Å². The SMILES string of the molecule is COc1ccc(-c2nnc3ccc(OCCNC(=O)Cc4noc5ccccc45)nn23)cc1. The Labute approximate surface area is 188 Å². The predicted molar refractivity (Wildman–Crippen MR) is 119 cm³/mol. The van der Waals surface area contributed by atoms with Crippen molar-refractivity contribution in [2.45, 2.75) is 6.42 Å². The number of rotatable bonds is 8. The summed E-state index contributed by atoms with van der Waals surface area (Å²) in [5.74, 6) is 1.57. The van der Waals surface area contributed by atoms with Crippen molar-refractivity contribution in [1.82, 2.24) is 30.3 Å². The predicted octanol–water partition coefficient (Wildman–Crippen LogP) is 2.68. The number of nitrogens with zero attached hydrogens (tertiary/aromatic N) is 5. The van der Waals surface area contributed by atoms with Crippen LogP contribution in [0, 0.1) is 0 Å². The van der Waals surface area contributed by atoms with Crippen molar-refractivity contribution >= 4 is 22.5 Å². The zero-order valence-electron chi connectivity index (χ0n) is 17.8. The molecule has 3 aromatic heterocycles. The Bertz CT molecular complexity index is 1410. The van der Waals surface area contributed by atoms with Gasteiger partial charge in [-0.3, -0.25) is 4.79 Å². The number of fused-ring (bicyclic) bond motifs is 2. The van der Waals surface area contributed by atoms with Crippen LogP contribution >= 0.6 is 0 Å². The van der Waals surface area contributed by atoms with Crippen molar-refractivity contribution in [1.29, 1.82) is 0 Å². The summed E-state index contributed by atoms with van der Waals surface area (Å²) in [5.41, 5.74) is 2.71. The molecule has 10 nitrogen and oxygen atoms in total. The minimum Gasteiger partial charge on any atom is -0.497 e. The lowest BCUT2D eigenvalue weighted by atomic mass is 10.2. The molecule has 3 heterocycles. The van der Waals surface area contributed by atoms with Crippen LogP contribution in [0.2, 0.25) is 0 Å². The maximum Gasteiger partial charge on any atom is 0.231 e. The quantitative estimate of drug-likeness (QED) is 0.363. The van der Waals surface area contributed by atoms with Crippen molar-refractivity contribution in [3.8, 4) is 23.0 Å². The van der Waals surface area contributed by atoms with Gasteiger partial charge in [-0.15, -0.1) is 15.3 Å². The van der Waals surface area contributed by atoms with Gasteiger partial charge in [-0.2, -0.15) is 4.52 Å². The lowest BCUT2D eigenvalue weighted by Crippen LogP contribution is -2.29. The van der Waals surface area contributed by atoms with Gasteiger partial charge in [0.25, 0.3) is 0 Å². The molecule has 0 aliphatic rings. The molecule has 1 N–H and O–H groups in total. The van der Waals surface area contributed by atoms with Gasteiger partial charge in [-0.25, -0.2) is 0 Å². The average molecular weight is 444 g/mol. The fourth-order valence-corrected chi connectivity index (χ4v) is 3.40. The molecule has 0 aliphatic heterocycles. The zero-order valence-corrected chi connectivity index (χ0v) is 17.8. The molecule has 0 aliphatic carbocycles. The molecule has 1 amide bonds. The van der Waals surface area contributed by atoms with E-state index in [2.05, 4.69) is 25.8 Å². The number of hydrogen-bond acceptors (Lipinski definition) is 8. The van der Waals surface area contributed by atoms with Gasteiger partial charge >= 0.3 is 0 Å². The minimum atomic E-state index is -0.165. The van der Waals surface area contributed by atoms with Crippen LogP contribution in [0.25, 0.3) is 28.0 Å². The molecule has 0 saturated heterocycles. The first-order chi connectivity index (χ1) is 16.2. The molecular formula is C23H20N6O4. The van der Waals surface area contributed by atoms with Crippen LogP contribution in [0.4, 0.5) is 0 Å². The minimum absolute atomic E-state index is 0.132. The fraction of sp³-hybridized carbons (Fsp3) is 0.174. The summed E-state index contributed by atoms with van der Waals surface area (Å²) >= 11 is 0. The van der Waals surface area contributed by atoms with Crippen LogP contribution < -0.4 is 14.8 Å². The van der Waals surface area contributed by atoms with Gasteiger partial charge in [0.15, 0.2) is 17.1 Å². The molecule has 166 valence electrons. The monoisotopic (exact) mass is 444 g/mol. The van der Waals surface area contributed by atoms with E-state index in [-0.39, 0.29) is 18.9 Å². The Hall–Kier alpha value is -4.47. The number of para-hydroxylation sites is 1. The third-order valence-corrected chi connectivity index (χ3v) is 5.04. The molecule has 33 heavy (non-hydrogen) atoms. The number of amides is 1. The Morgan fingerprint density at radius 1 is 1.06 bits per heavy atom. The van der Waals surface area contributed by atoms with Crippen molar-refractivity contribution < 1.29 is 18.8 Å². The Balaban J connectivity index is 1.19. The first-order valence-electron chi connectivity index (χ1n) is 10.3. The normalized spacial score (nSPS) is 11.1. The smallest absolute Gasteiger partial charge is 0.231 e. The van der Waals surface area contributed by atoms with Crippen molar-refractivity contribution in [2.75, 3.05) is 20.3 Å². The summed E-state index contributed by atoms with van der Waals surface area (Å²) in [4.78, 5) is 12.3. The molecule has 0 atom stereocenters. The van der Waals surface area contributed by atoms with Crippen LogP contribution in [-0.2, 0) is 11.2 Å². The van der Waals surface area contributed by atoms with E-state index < -0.39 is 0 Å². The van der Waals surface area contributed by atoms with Crippen LogP contribution in [-0.4, -0.2) is 51.1 Å². The molecular weight excluding hydrogens is 424 g/mol. The van der Waals surface area contributed by atoms with Gasteiger partial charge in [0.2, 0.25) is 11.8 Å². The highest BCUT2D eigenvalue weighted by atomic mass is 16.5. The molecule has 0 unspecified atom stereocenters. The first-order valence-corrected chi connectivity index (χ1v) is 10.3. The van der Waals surface area contributed by atoms with Crippen LogP contribution in [0.5, 0.6) is 11.6 Å². The number of methoxy groups -OCH3 is 1. The van der Waals surface area contributed by atoms with E-state index in [9.17, 15) is 4.79 Å². The number of carbonyl (C=O) groups excluding carboxylic acids is 1. The molecule has 0 spiro atoms. The second-order valence-corrected chi connectivity index (χ2v) is 7.19. The molecule has 5 aromatic rings. The van der Waals surface area contributed by atoms with Gasteiger partial charge in [-0.05, 0) is 42.5 Å². The standard InChI is InChI=1S/C23H20N6O4/c1-31-16-8-6-15(7-9-16)23-26-25-20-10-11-22(27-29(20)23)32-13-12-24-21(30)14-18-17-4-2-3-5-19(17)33-28-18/h2-11H,12-14H2,1H3,(H,24,30). The van der Waals surface area contributed by atoms with Crippen molar-refractivity contribution in [3.05, 3.63) is 66.4 Å². The van der Waals surface area contributed by atoms with E-state index in [1.54, 1.807) is 23.8 Å². The summed E-state index contributed by atoms with van der Waals surface area (Å²) in [6.45, 7) is 0.575. The summed E-state index contributed by atoms with van der Waals surface area (Å²) in [6, 6.07) is 18.4. The summed E-state index contributed by atoms with van der Waals surface area (Å²) in [7, 11) is 1.62. The number of ether oxygens (including phenoxy) is 2. The van der Waals surface area contributed by atoms with E-state index in [1.807, 2.05) is 48.5 Å². The Kier molecular flexibility index (Phi) is 5.54. The molecule has 0 fully saturated rings. The summed E-state index contributed by atoms with van der Waals surface area (Å²) in [6.07, 6.45) is 0.132. The first kappa shape index (κ1) is 20.4.